The molecule has 0 amide bonds. The van der Waals surface area contributed by atoms with E-state index in [2.05, 4.69) is 15.9 Å². The first-order chi connectivity index (χ1) is 8.14. The second-order valence-corrected chi connectivity index (χ2v) is 6.23. The van der Waals surface area contributed by atoms with Gasteiger partial charge in [0.2, 0.25) is 0 Å². The van der Waals surface area contributed by atoms with Crippen LogP contribution in [-0.2, 0) is 9.31 Å². The summed E-state index contributed by atoms with van der Waals surface area (Å²) in [6.45, 7) is 7.51. The van der Waals surface area contributed by atoms with Gasteiger partial charge in [-0.2, -0.15) is 0 Å². The Hall–Kier alpha value is -0.455. The van der Waals surface area contributed by atoms with Gasteiger partial charge in [0.15, 0.2) is 0 Å². The molecule has 1 saturated heterocycles. The Morgan fingerprint density at radius 1 is 1.00 bits per heavy atom. The van der Waals surface area contributed by atoms with Gasteiger partial charge in [-0.25, -0.2) is 8.78 Å². The van der Waals surface area contributed by atoms with Crippen LogP contribution in [0.15, 0.2) is 16.6 Å². The average molecular weight is 319 g/mol. The van der Waals surface area contributed by atoms with Gasteiger partial charge in [-0.3, -0.25) is 0 Å². The van der Waals surface area contributed by atoms with E-state index in [9.17, 15) is 8.78 Å². The van der Waals surface area contributed by atoms with E-state index in [4.69, 9.17) is 9.31 Å². The van der Waals surface area contributed by atoms with Gasteiger partial charge in [0.1, 0.15) is 11.6 Å². The number of hydrogen-bond donors (Lipinski definition) is 0. The molecule has 1 aromatic rings. The minimum absolute atomic E-state index is 0.189. The van der Waals surface area contributed by atoms with Crippen molar-refractivity contribution in [2.75, 3.05) is 0 Å². The van der Waals surface area contributed by atoms with Crippen LogP contribution in [0.2, 0.25) is 0 Å². The summed E-state index contributed by atoms with van der Waals surface area (Å²) in [5.74, 6) is -1.32. The Bertz CT molecular complexity index is 475. The van der Waals surface area contributed by atoms with Gasteiger partial charge in [-0.1, -0.05) is 0 Å². The fourth-order valence-corrected chi connectivity index (χ4v) is 2.05. The monoisotopic (exact) mass is 318 g/mol. The maximum atomic E-state index is 13.8. The van der Waals surface area contributed by atoms with Crippen molar-refractivity contribution in [1.29, 1.82) is 0 Å². The summed E-state index contributed by atoms with van der Waals surface area (Å²) in [5, 5.41) is 0. The molecule has 1 heterocycles. The molecule has 0 bridgehead atoms. The van der Waals surface area contributed by atoms with Crippen molar-refractivity contribution in [3.63, 3.8) is 0 Å². The lowest BCUT2D eigenvalue weighted by molar-refractivity contribution is 0.00578. The Balaban J connectivity index is 2.38. The van der Waals surface area contributed by atoms with E-state index in [-0.39, 0.29) is 9.94 Å². The molecule has 98 valence electrons. The van der Waals surface area contributed by atoms with E-state index in [1.165, 1.54) is 6.07 Å². The van der Waals surface area contributed by atoms with Crippen LogP contribution in [0.1, 0.15) is 27.7 Å². The Morgan fingerprint density at radius 3 is 2.00 bits per heavy atom. The zero-order chi connectivity index (χ0) is 13.7. The Kier molecular flexibility index (Phi) is 3.32. The molecular weight excluding hydrogens is 305 g/mol. The van der Waals surface area contributed by atoms with E-state index < -0.39 is 30.0 Å². The molecule has 2 rings (SSSR count). The van der Waals surface area contributed by atoms with Crippen molar-refractivity contribution < 1.29 is 18.1 Å². The number of benzene rings is 1. The maximum absolute atomic E-state index is 13.8. The van der Waals surface area contributed by atoms with Crippen molar-refractivity contribution >= 4 is 28.5 Å². The number of hydrogen-bond acceptors (Lipinski definition) is 2. The molecule has 0 N–H and O–H groups in total. The zero-order valence-corrected chi connectivity index (χ0v) is 12.3. The van der Waals surface area contributed by atoms with Gasteiger partial charge in [-0.15, -0.1) is 0 Å². The molecule has 0 aromatic heterocycles. The summed E-state index contributed by atoms with van der Waals surface area (Å²) in [4.78, 5) is 0. The van der Waals surface area contributed by atoms with E-state index in [1.807, 2.05) is 27.7 Å². The van der Waals surface area contributed by atoms with E-state index in [0.717, 1.165) is 6.07 Å². The summed E-state index contributed by atoms with van der Waals surface area (Å²) in [5.41, 5.74) is -0.905. The number of halogens is 3. The van der Waals surface area contributed by atoms with E-state index in [0.29, 0.717) is 0 Å². The summed E-state index contributed by atoms with van der Waals surface area (Å²) in [6, 6.07) is 2.18. The van der Waals surface area contributed by atoms with Crippen LogP contribution in [0, 0.1) is 11.6 Å². The fourth-order valence-electron chi connectivity index (χ4n) is 1.69. The molecule has 1 aliphatic rings. The molecular formula is C12H14BBrF2O2. The average Bonchev–Trinajstić information content (AvgIpc) is 2.42. The van der Waals surface area contributed by atoms with Gasteiger partial charge in [-0.05, 0) is 49.7 Å². The first-order valence-corrected chi connectivity index (χ1v) is 6.43. The van der Waals surface area contributed by atoms with Gasteiger partial charge >= 0.3 is 7.12 Å². The number of rotatable bonds is 1. The molecule has 1 aliphatic heterocycles. The third-order valence-corrected chi connectivity index (χ3v) is 4.15. The first-order valence-electron chi connectivity index (χ1n) is 5.64. The normalized spacial score (nSPS) is 21.4. The summed E-state index contributed by atoms with van der Waals surface area (Å²) >= 11 is 3.03. The predicted octanol–water partition coefficient (Wildman–Crippen LogP) is 3.03. The molecule has 0 aliphatic carbocycles. The van der Waals surface area contributed by atoms with Crippen LogP contribution in [0.4, 0.5) is 8.78 Å². The van der Waals surface area contributed by atoms with Crippen molar-refractivity contribution in [3.05, 3.63) is 28.2 Å². The van der Waals surface area contributed by atoms with E-state index in [1.54, 1.807) is 0 Å². The molecule has 0 atom stereocenters. The lowest BCUT2D eigenvalue weighted by atomic mass is 9.78. The minimum atomic E-state index is -0.827. The van der Waals surface area contributed by atoms with E-state index >= 15 is 0 Å². The van der Waals surface area contributed by atoms with Gasteiger partial charge in [0, 0.05) is 11.5 Å². The highest BCUT2D eigenvalue weighted by atomic mass is 79.9. The summed E-state index contributed by atoms with van der Waals surface area (Å²) < 4.78 is 38.6. The van der Waals surface area contributed by atoms with Crippen molar-refractivity contribution in [1.82, 2.24) is 0 Å². The standard InChI is InChI=1S/C12H14BBrF2O2/c1-11(2)12(3,4)18-13(17-11)7-5-8(14)10(16)6-9(7)15/h5-6H,1-4H3. The molecule has 0 radical (unpaired) electrons. The second-order valence-electron chi connectivity index (χ2n) is 5.38. The SMILES string of the molecule is CC1(C)OB(c2cc(Br)c(F)cc2F)OC1(C)C. The highest BCUT2D eigenvalue weighted by Crippen LogP contribution is 2.36. The van der Waals surface area contributed by atoms with Crippen LogP contribution < -0.4 is 5.46 Å². The highest BCUT2D eigenvalue weighted by molar-refractivity contribution is 9.10. The quantitative estimate of drug-likeness (QED) is 0.585. The topological polar surface area (TPSA) is 18.5 Å². The van der Waals surface area contributed by atoms with Crippen LogP contribution >= 0.6 is 15.9 Å². The highest BCUT2D eigenvalue weighted by Gasteiger charge is 2.52. The second kappa shape index (κ2) is 4.29. The third kappa shape index (κ3) is 2.21. The first kappa shape index (κ1) is 14.0. The van der Waals surface area contributed by atoms with Crippen LogP contribution in [0.3, 0.4) is 0 Å². The molecule has 0 saturated carbocycles. The van der Waals surface area contributed by atoms with Gasteiger partial charge in [0.05, 0.1) is 15.7 Å². The molecule has 0 spiro atoms. The third-order valence-electron chi connectivity index (χ3n) is 3.55. The van der Waals surface area contributed by atoms with Crippen molar-refractivity contribution in [2.45, 2.75) is 38.9 Å². The minimum Gasteiger partial charge on any atom is -0.399 e. The van der Waals surface area contributed by atoms with Crippen molar-refractivity contribution in [3.8, 4) is 0 Å². The van der Waals surface area contributed by atoms with Crippen LogP contribution in [0.25, 0.3) is 0 Å². The fraction of sp³-hybridized carbons (Fsp3) is 0.500. The molecule has 1 fully saturated rings. The summed E-state index contributed by atoms with van der Waals surface area (Å²) in [6.07, 6.45) is 0. The Morgan fingerprint density at radius 2 is 1.50 bits per heavy atom. The molecule has 0 unspecified atom stereocenters. The van der Waals surface area contributed by atoms with Gasteiger partial charge < -0.3 is 9.31 Å². The van der Waals surface area contributed by atoms with Crippen LogP contribution in [-0.4, -0.2) is 18.3 Å². The molecule has 6 heteroatoms. The lowest BCUT2D eigenvalue weighted by Crippen LogP contribution is -2.41. The predicted molar refractivity (Wildman–Crippen MR) is 69.8 cm³/mol. The van der Waals surface area contributed by atoms with Gasteiger partial charge in [0.25, 0.3) is 0 Å². The largest absolute Gasteiger partial charge is 0.497 e. The molecule has 18 heavy (non-hydrogen) atoms. The lowest BCUT2D eigenvalue weighted by Gasteiger charge is -2.32. The zero-order valence-electron chi connectivity index (χ0n) is 10.7. The molecule has 2 nitrogen and oxygen atoms in total. The molecule has 1 aromatic carbocycles. The summed E-state index contributed by atoms with van der Waals surface area (Å²) in [7, 11) is -0.827. The Labute approximate surface area is 114 Å². The van der Waals surface area contributed by atoms with Crippen molar-refractivity contribution in [2.24, 2.45) is 0 Å². The smallest absolute Gasteiger partial charge is 0.399 e. The van der Waals surface area contributed by atoms with Crippen LogP contribution in [0.5, 0.6) is 0 Å². The maximum Gasteiger partial charge on any atom is 0.497 e.